The Labute approximate surface area is 115 Å². The van der Waals surface area contributed by atoms with Gasteiger partial charge in [0.15, 0.2) is 5.69 Å². The second kappa shape index (κ2) is 5.53. The molecule has 8 heteroatoms. The number of benzene rings is 1. The molecule has 1 aliphatic heterocycles. The first-order valence-corrected chi connectivity index (χ1v) is 6.52. The first-order chi connectivity index (χ1) is 9.81. The normalized spacial score (nSPS) is 18.9. The zero-order valence-electron chi connectivity index (χ0n) is 11.3. The maximum absolute atomic E-state index is 5.65. The largest absolute Gasteiger partial charge is 0.354 e. The van der Waals surface area contributed by atoms with Crippen LogP contribution < -0.4 is 16.5 Å². The van der Waals surface area contributed by atoms with Gasteiger partial charge in [0.25, 0.3) is 0 Å². The molecule has 1 unspecified atom stereocenters. The van der Waals surface area contributed by atoms with Crippen LogP contribution in [0.5, 0.6) is 0 Å². The van der Waals surface area contributed by atoms with Gasteiger partial charge in [0, 0.05) is 31.1 Å². The minimum atomic E-state index is 0.380. The van der Waals surface area contributed by atoms with Crippen LogP contribution in [0, 0.1) is 5.92 Å². The molecule has 2 aromatic rings. The summed E-state index contributed by atoms with van der Waals surface area (Å²) in [6.07, 6.45) is 0. The number of aliphatic imine (C=N–C) groups is 1. The van der Waals surface area contributed by atoms with Gasteiger partial charge < -0.3 is 11.1 Å². The predicted octanol–water partition coefficient (Wildman–Crippen LogP) is -1.43. The lowest BCUT2D eigenvalue weighted by molar-refractivity contribution is -0.830. The summed E-state index contributed by atoms with van der Waals surface area (Å²) in [5.41, 5.74) is 10.0. The van der Waals surface area contributed by atoms with Gasteiger partial charge in [-0.15, -0.1) is 5.10 Å². The van der Waals surface area contributed by atoms with Gasteiger partial charge in [-0.1, -0.05) is 5.21 Å². The van der Waals surface area contributed by atoms with Gasteiger partial charge in [-0.05, 0) is 12.6 Å². The minimum absolute atomic E-state index is 0.380. The van der Waals surface area contributed by atoms with Crippen molar-refractivity contribution >= 4 is 22.7 Å². The van der Waals surface area contributed by atoms with Gasteiger partial charge in [-0.2, -0.15) is 10.2 Å². The van der Waals surface area contributed by atoms with Crippen LogP contribution in [0.2, 0.25) is 0 Å². The summed E-state index contributed by atoms with van der Waals surface area (Å²) in [5, 5.41) is 11.6. The summed E-state index contributed by atoms with van der Waals surface area (Å²) in [6.45, 7) is 2.15. The van der Waals surface area contributed by atoms with E-state index in [-0.39, 0.29) is 0 Å². The Morgan fingerprint density at radius 1 is 1.55 bits per heavy atom. The Morgan fingerprint density at radius 3 is 3.15 bits per heavy atom. The number of nitrogens with two attached hydrogens (primary N) is 2. The zero-order chi connectivity index (χ0) is 13.9. The molecule has 0 spiro atoms. The summed E-state index contributed by atoms with van der Waals surface area (Å²) in [7, 11) is 1.62. The van der Waals surface area contributed by atoms with Crippen molar-refractivity contribution < 1.29 is 10.3 Å². The van der Waals surface area contributed by atoms with Gasteiger partial charge in [0.2, 0.25) is 5.96 Å². The molecule has 1 atom stereocenters. The molecule has 3 rings (SSSR count). The lowest BCUT2D eigenvalue weighted by Crippen LogP contribution is -2.75. The zero-order valence-corrected chi connectivity index (χ0v) is 11.3. The summed E-state index contributed by atoms with van der Waals surface area (Å²) in [6, 6.07) is 5.82. The molecule has 8 nitrogen and oxygen atoms in total. The van der Waals surface area contributed by atoms with Crippen LogP contribution in [-0.4, -0.2) is 47.7 Å². The van der Waals surface area contributed by atoms with Crippen LogP contribution in [0.25, 0.3) is 11.0 Å². The Morgan fingerprint density at radius 2 is 2.45 bits per heavy atom. The van der Waals surface area contributed by atoms with E-state index in [1.165, 1.54) is 0 Å². The molecule has 0 amide bonds. The Kier molecular flexibility index (Phi) is 3.59. The Bertz CT molecular complexity index is 636. The molecule has 106 valence electrons. The van der Waals surface area contributed by atoms with E-state index in [1.807, 2.05) is 18.2 Å². The first kappa shape index (κ1) is 13.0. The molecule has 0 aliphatic carbocycles. The summed E-state index contributed by atoms with van der Waals surface area (Å²) in [5.74, 6) is 1.10. The second-order valence-electron chi connectivity index (χ2n) is 4.75. The van der Waals surface area contributed by atoms with Crippen molar-refractivity contribution in [2.45, 2.75) is 0 Å². The van der Waals surface area contributed by atoms with E-state index in [2.05, 4.69) is 20.6 Å². The molecule has 1 aromatic heterocycles. The van der Waals surface area contributed by atoms with Crippen LogP contribution in [-0.2, 0) is 4.84 Å². The molecule has 0 fully saturated rings. The fourth-order valence-electron chi connectivity index (χ4n) is 2.17. The number of nitrogens with one attached hydrogen (secondary N) is 1. The molecule has 0 bridgehead atoms. The molecule has 1 aliphatic rings. The van der Waals surface area contributed by atoms with Crippen molar-refractivity contribution in [2.75, 3.05) is 26.7 Å². The molecule has 2 heterocycles. The highest BCUT2D eigenvalue weighted by molar-refractivity contribution is 5.91. The quantitative estimate of drug-likeness (QED) is 0.470. The van der Waals surface area contributed by atoms with Crippen LogP contribution >= 0.6 is 0 Å². The van der Waals surface area contributed by atoms with Crippen molar-refractivity contribution in [1.82, 2.24) is 20.3 Å². The average Bonchev–Trinajstić information content (AvgIpc) is 2.91. The third kappa shape index (κ3) is 2.36. The van der Waals surface area contributed by atoms with Gasteiger partial charge in [0.05, 0.1) is 7.11 Å². The Balaban J connectivity index is 1.95. The monoisotopic (exact) mass is 276 g/mol. The average molecular weight is 276 g/mol. The van der Waals surface area contributed by atoms with Crippen LogP contribution in [0.4, 0.5) is 5.69 Å². The smallest absolute Gasteiger partial charge is 0.221 e. The van der Waals surface area contributed by atoms with E-state index in [0.717, 1.165) is 23.3 Å². The number of rotatable bonds is 3. The van der Waals surface area contributed by atoms with Crippen molar-refractivity contribution in [3.05, 3.63) is 18.2 Å². The molecule has 0 radical (unpaired) electrons. The number of hydrogen-bond acceptors (Lipinski definition) is 6. The third-order valence-corrected chi connectivity index (χ3v) is 3.31. The number of quaternary nitrogens is 1. The summed E-state index contributed by atoms with van der Waals surface area (Å²) >= 11 is 0. The number of fused-ring (bicyclic) bond motifs is 1. The van der Waals surface area contributed by atoms with Crippen molar-refractivity contribution in [2.24, 2.45) is 16.6 Å². The minimum Gasteiger partial charge on any atom is -0.354 e. The van der Waals surface area contributed by atoms with Crippen molar-refractivity contribution in [3.8, 4) is 0 Å². The summed E-state index contributed by atoms with van der Waals surface area (Å²) < 4.78 is 1.72. The second-order valence-corrected chi connectivity index (χ2v) is 4.75. The molecule has 1 aromatic carbocycles. The molecule has 0 saturated carbocycles. The number of hydrogen-bond donors (Lipinski definition) is 3. The first-order valence-electron chi connectivity index (χ1n) is 6.52. The van der Waals surface area contributed by atoms with Gasteiger partial charge in [0.1, 0.15) is 11.0 Å². The summed E-state index contributed by atoms with van der Waals surface area (Å²) in [4.78, 5) is 9.53. The standard InChI is InChI=1S/C12H17N7O/c1-20-17-9-2-3-10-11(4-9)19(18-16-10)12-14-6-8(5-13)7-15-12/h2-4,8,17H,5-7,13H2,1H3,(H,14,15)/p+1. The van der Waals surface area contributed by atoms with Gasteiger partial charge in [-0.3, -0.25) is 4.99 Å². The fourth-order valence-corrected chi connectivity index (χ4v) is 2.17. The van der Waals surface area contributed by atoms with Crippen LogP contribution in [0.3, 0.4) is 0 Å². The molecular weight excluding hydrogens is 258 g/mol. The highest BCUT2D eigenvalue weighted by Gasteiger charge is 2.18. The topological polar surface area (TPSA) is 107 Å². The van der Waals surface area contributed by atoms with Crippen molar-refractivity contribution in [3.63, 3.8) is 0 Å². The molecule has 5 N–H and O–H groups in total. The van der Waals surface area contributed by atoms with Gasteiger partial charge in [-0.25, -0.2) is 4.84 Å². The highest BCUT2D eigenvalue weighted by atomic mass is 16.6. The fraction of sp³-hybridized carbons (Fsp3) is 0.417. The molecular formula is C12H18N7O+. The predicted molar refractivity (Wildman–Crippen MR) is 74.4 cm³/mol. The number of aromatic nitrogens is 3. The van der Waals surface area contributed by atoms with Crippen LogP contribution in [0.1, 0.15) is 0 Å². The van der Waals surface area contributed by atoms with Gasteiger partial charge >= 0.3 is 0 Å². The van der Waals surface area contributed by atoms with E-state index in [4.69, 9.17) is 10.6 Å². The maximum atomic E-state index is 5.65. The molecule has 0 saturated heterocycles. The van der Waals surface area contributed by atoms with E-state index >= 15 is 0 Å². The lowest BCUT2D eigenvalue weighted by Gasteiger charge is -2.21. The third-order valence-electron chi connectivity index (χ3n) is 3.31. The van der Waals surface area contributed by atoms with E-state index < -0.39 is 0 Å². The van der Waals surface area contributed by atoms with E-state index in [1.54, 1.807) is 17.3 Å². The van der Waals surface area contributed by atoms with E-state index in [0.29, 0.717) is 25.0 Å². The van der Waals surface area contributed by atoms with Crippen molar-refractivity contribution in [1.29, 1.82) is 0 Å². The Hall–Kier alpha value is -2.03. The SMILES string of the molecule is CO[NH2+]c1ccc2nnn(C3=NCC(CN)CN3)c2c1. The van der Waals surface area contributed by atoms with Crippen LogP contribution in [0.15, 0.2) is 23.2 Å². The lowest BCUT2D eigenvalue weighted by atomic mass is 10.1. The maximum Gasteiger partial charge on any atom is 0.221 e. The molecule has 20 heavy (non-hydrogen) atoms. The highest BCUT2D eigenvalue weighted by Crippen LogP contribution is 2.14. The van der Waals surface area contributed by atoms with E-state index in [9.17, 15) is 0 Å². The number of nitrogens with zero attached hydrogens (tertiary/aromatic N) is 4.